The quantitative estimate of drug-likeness (QED) is 0.0385. The van der Waals surface area contributed by atoms with Crippen LogP contribution in [0.15, 0.2) is 41.2 Å². The smallest absolute Gasteiger partial charge is 0.305 e. The average molecular weight is 767 g/mol. The molecule has 0 unspecified atom stereocenters. The van der Waals surface area contributed by atoms with Crippen LogP contribution in [0, 0.1) is 0 Å². The van der Waals surface area contributed by atoms with E-state index in [4.69, 9.17) is 16.7 Å². The summed E-state index contributed by atoms with van der Waals surface area (Å²) in [7, 11) is 0. The number of hydrogen-bond donors (Lipinski definition) is 6. The van der Waals surface area contributed by atoms with Crippen LogP contribution in [0.5, 0.6) is 5.75 Å². The van der Waals surface area contributed by atoms with E-state index < -0.39 is 12.1 Å². The highest BCUT2D eigenvalue weighted by Gasteiger charge is 2.15. The number of aromatic nitrogens is 1. The van der Waals surface area contributed by atoms with Crippen molar-refractivity contribution in [3.63, 3.8) is 0 Å². The minimum atomic E-state index is -0.734. The fourth-order valence-electron chi connectivity index (χ4n) is 5.89. The number of aliphatic carboxylic acids is 1. The van der Waals surface area contributed by atoms with Gasteiger partial charge in [-0.15, -0.1) is 0 Å². The highest BCUT2D eigenvalue weighted by atomic mass is 35.5. The Labute approximate surface area is 319 Å². The van der Waals surface area contributed by atoms with Gasteiger partial charge in [0, 0.05) is 35.8 Å². The zero-order valence-electron chi connectivity index (χ0n) is 30.9. The summed E-state index contributed by atoms with van der Waals surface area (Å²) in [6, 6.07) is 11.1. The summed E-state index contributed by atoms with van der Waals surface area (Å²) in [4.78, 5) is 24.3. The lowest BCUT2D eigenvalue weighted by Crippen LogP contribution is -2.24. The number of aliphatic hydroxyl groups is 1. The second kappa shape index (κ2) is 29.4. The van der Waals surface area contributed by atoms with Gasteiger partial charge < -0.3 is 30.9 Å². The van der Waals surface area contributed by atoms with Crippen LogP contribution in [0.2, 0.25) is 5.02 Å². The third-order valence-corrected chi connectivity index (χ3v) is 11.2. The number of thioether (sulfide) groups is 1. The lowest BCUT2D eigenvalue weighted by molar-refractivity contribution is -0.137. The van der Waals surface area contributed by atoms with E-state index in [1.807, 2.05) is 30.0 Å². The molecule has 11 heteroatoms. The van der Waals surface area contributed by atoms with Crippen molar-refractivity contribution in [3.8, 4) is 5.75 Å². The van der Waals surface area contributed by atoms with E-state index in [-0.39, 0.29) is 10.6 Å². The molecule has 6 N–H and O–H groups in total. The molecule has 2 aromatic carbocycles. The van der Waals surface area contributed by atoms with Gasteiger partial charge in [-0.3, -0.25) is 9.59 Å². The van der Waals surface area contributed by atoms with Crippen LogP contribution in [0.1, 0.15) is 133 Å². The molecule has 0 amide bonds. The zero-order chi connectivity index (χ0) is 36.9. The highest BCUT2D eigenvalue weighted by Crippen LogP contribution is 2.31. The first-order valence-electron chi connectivity index (χ1n) is 19.3. The number of aromatic hydroxyl groups is 1. The fourth-order valence-corrected chi connectivity index (χ4v) is 7.88. The van der Waals surface area contributed by atoms with E-state index in [0.29, 0.717) is 28.7 Å². The molecule has 0 aliphatic rings. The first kappa shape index (κ1) is 45.1. The SMILES string of the molecule is CCCCCCCCCCCCCCCCCC(=O)O.O=c1[nH]c2c(O)ccc([C@@H](O)CNCCSCCCNCCc3ccccc3Cl)c2s1. The lowest BCUT2D eigenvalue weighted by atomic mass is 10.0. The summed E-state index contributed by atoms with van der Waals surface area (Å²) < 4.78 is 0.607. The van der Waals surface area contributed by atoms with Crippen LogP contribution in [-0.4, -0.2) is 64.0 Å². The zero-order valence-corrected chi connectivity index (χ0v) is 33.3. The molecule has 3 rings (SSSR count). The molecule has 0 saturated heterocycles. The van der Waals surface area contributed by atoms with E-state index in [2.05, 4.69) is 28.6 Å². The molecule has 0 aliphatic carbocycles. The van der Waals surface area contributed by atoms with Gasteiger partial charge in [-0.05, 0) is 55.8 Å². The van der Waals surface area contributed by atoms with Gasteiger partial charge in [0.05, 0.1) is 10.8 Å². The van der Waals surface area contributed by atoms with Gasteiger partial charge in [0.15, 0.2) is 0 Å². The van der Waals surface area contributed by atoms with Crippen molar-refractivity contribution in [2.45, 2.75) is 129 Å². The predicted octanol–water partition coefficient (Wildman–Crippen LogP) is 9.86. The maximum Gasteiger partial charge on any atom is 0.305 e. The molecule has 0 aliphatic heterocycles. The summed E-state index contributed by atoms with van der Waals surface area (Å²) in [5.74, 6) is 1.42. The maximum atomic E-state index is 11.6. The van der Waals surface area contributed by atoms with Crippen LogP contribution in [0.3, 0.4) is 0 Å². The van der Waals surface area contributed by atoms with Crippen molar-refractivity contribution in [1.82, 2.24) is 15.6 Å². The Balaban J connectivity index is 0.000000392. The number of thiazole rings is 1. The van der Waals surface area contributed by atoms with Crippen molar-refractivity contribution in [1.29, 1.82) is 0 Å². The van der Waals surface area contributed by atoms with Gasteiger partial charge in [-0.1, -0.05) is 144 Å². The van der Waals surface area contributed by atoms with Gasteiger partial charge in [0.1, 0.15) is 11.3 Å². The first-order valence-corrected chi connectivity index (χ1v) is 21.7. The third kappa shape index (κ3) is 21.3. The van der Waals surface area contributed by atoms with Crippen LogP contribution in [0.25, 0.3) is 10.2 Å². The van der Waals surface area contributed by atoms with Crippen LogP contribution >= 0.6 is 34.7 Å². The van der Waals surface area contributed by atoms with Gasteiger partial charge in [-0.25, -0.2) is 0 Å². The second-order valence-corrected chi connectivity index (χ2v) is 15.9. The van der Waals surface area contributed by atoms with Gasteiger partial charge in [0.2, 0.25) is 0 Å². The lowest BCUT2D eigenvalue weighted by Gasteiger charge is -2.13. The Morgan fingerprint density at radius 2 is 1.45 bits per heavy atom. The number of carbonyl (C=O) groups is 1. The molecule has 0 saturated carbocycles. The van der Waals surface area contributed by atoms with Gasteiger partial charge in [-0.2, -0.15) is 11.8 Å². The van der Waals surface area contributed by atoms with E-state index in [1.54, 1.807) is 6.07 Å². The number of phenolic OH excluding ortho intramolecular Hbond substituents is 1. The molecular weight excluding hydrogens is 702 g/mol. The number of aromatic amines is 1. The summed E-state index contributed by atoms with van der Waals surface area (Å²) in [5.41, 5.74) is 2.22. The summed E-state index contributed by atoms with van der Waals surface area (Å²) in [6.07, 6.45) is 21.5. The maximum absolute atomic E-state index is 11.6. The van der Waals surface area contributed by atoms with Crippen molar-refractivity contribution < 1.29 is 20.1 Å². The Kier molecular flexibility index (Phi) is 26.0. The minimum Gasteiger partial charge on any atom is -0.506 e. The molecule has 3 aromatic rings. The number of carboxylic acid groups (broad SMARTS) is 1. The summed E-state index contributed by atoms with van der Waals surface area (Å²) in [5, 5.41) is 36.4. The monoisotopic (exact) mass is 765 g/mol. The van der Waals surface area contributed by atoms with E-state index in [1.165, 1.54) is 95.1 Å². The van der Waals surface area contributed by atoms with Gasteiger partial charge >= 0.3 is 10.8 Å². The number of aliphatic hydroxyl groups excluding tert-OH is 1. The third-order valence-electron chi connectivity index (χ3n) is 8.87. The molecule has 0 fully saturated rings. The molecule has 8 nitrogen and oxygen atoms in total. The van der Waals surface area contributed by atoms with Crippen LogP contribution in [-0.2, 0) is 11.2 Å². The van der Waals surface area contributed by atoms with Crippen molar-refractivity contribution >= 4 is 50.9 Å². The molecule has 0 spiro atoms. The number of carboxylic acids is 1. The minimum absolute atomic E-state index is 0.0204. The Bertz CT molecular complexity index is 1390. The number of benzene rings is 2. The topological polar surface area (TPSA) is 135 Å². The number of unbranched alkanes of at least 4 members (excludes halogenated alkanes) is 14. The van der Waals surface area contributed by atoms with E-state index in [9.17, 15) is 19.8 Å². The number of H-pyrrole nitrogens is 1. The fraction of sp³-hybridized carbons (Fsp3) is 0.650. The largest absolute Gasteiger partial charge is 0.506 e. The number of fused-ring (bicyclic) bond motifs is 1. The molecule has 51 heavy (non-hydrogen) atoms. The Hall–Kier alpha value is -2.08. The number of nitrogens with one attached hydrogen (secondary N) is 3. The van der Waals surface area contributed by atoms with E-state index in [0.717, 1.165) is 73.2 Å². The number of phenols is 1. The standard InChI is InChI=1S/C22H28ClN3O3S2.C18H36O2/c23-17-5-2-1-4-15(17)8-10-24-9-3-12-30-13-11-25-14-19(28)16-6-7-18(27)20-21(16)31-22(29)26-20;1-2-3-4-5-6-7-8-9-10-11-12-13-14-15-16-17-18(19)20/h1-2,4-7,19,24-25,27-28H,3,8-14H2,(H,26,29);2-17H2,1H3,(H,19,20)/t19-;/m0./s1. The molecule has 1 heterocycles. The summed E-state index contributed by atoms with van der Waals surface area (Å²) >= 11 is 9.04. The van der Waals surface area contributed by atoms with E-state index >= 15 is 0 Å². The molecule has 0 bridgehead atoms. The molecule has 1 atom stereocenters. The number of hydrogen-bond acceptors (Lipinski definition) is 8. The highest BCUT2D eigenvalue weighted by molar-refractivity contribution is 7.99. The molecule has 1 aromatic heterocycles. The van der Waals surface area contributed by atoms with Gasteiger partial charge in [0.25, 0.3) is 0 Å². The number of rotatable bonds is 29. The summed E-state index contributed by atoms with van der Waals surface area (Å²) in [6.45, 7) is 5.38. The Morgan fingerprint density at radius 3 is 2.08 bits per heavy atom. The average Bonchev–Trinajstić information content (AvgIpc) is 3.52. The van der Waals surface area contributed by atoms with Crippen molar-refractivity contribution in [3.05, 3.63) is 62.2 Å². The normalized spacial score (nSPS) is 11.8. The first-order chi connectivity index (χ1) is 24.8. The molecule has 288 valence electrons. The predicted molar refractivity (Wildman–Crippen MR) is 219 cm³/mol. The Morgan fingerprint density at radius 1 is 0.824 bits per heavy atom. The van der Waals surface area contributed by atoms with Crippen molar-refractivity contribution in [2.24, 2.45) is 0 Å². The molecular formula is C40H64ClN3O5S2. The number of halogens is 1. The van der Waals surface area contributed by atoms with Crippen molar-refractivity contribution in [2.75, 3.05) is 37.7 Å². The molecule has 0 radical (unpaired) electrons. The van der Waals surface area contributed by atoms with Crippen LogP contribution in [0.4, 0.5) is 0 Å². The van der Waals surface area contributed by atoms with Crippen LogP contribution < -0.4 is 15.5 Å². The second-order valence-electron chi connectivity index (χ2n) is 13.3.